The molecule has 0 atom stereocenters. The first-order valence-corrected chi connectivity index (χ1v) is 6.56. The van der Waals surface area contributed by atoms with Crippen molar-refractivity contribution in [2.75, 3.05) is 13.7 Å². The van der Waals surface area contributed by atoms with Crippen LogP contribution in [0, 0.1) is 17.0 Å². The molecule has 22 heavy (non-hydrogen) atoms. The van der Waals surface area contributed by atoms with Crippen LogP contribution in [-0.2, 0) is 0 Å². The van der Waals surface area contributed by atoms with Gasteiger partial charge in [0.25, 0.3) is 0 Å². The van der Waals surface area contributed by atoms with E-state index in [0.29, 0.717) is 11.3 Å². The number of nitrogens with zero attached hydrogens (tertiary/aromatic N) is 1. The summed E-state index contributed by atoms with van der Waals surface area (Å²) in [7, 11) is 1.54. The molecule has 0 spiro atoms. The van der Waals surface area contributed by atoms with Crippen molar-refractivity contribution in [2.24, 2.45) is 0 Å². The Labute approximate surface area is 127 Å². The number of rotatable bonds is 6. The molecule has 2 rings (SSSR count). The molecule has 0 heterocycles. The molecule has 0 unspecified atom stereocenters. The van der Waals surface area contributed by atoms with Crippen molar-refractivity contribution in [2.45, 2.75) is 6.92 Å². The average Bonchev–Trinajstić information content (AvgIpc) is 2.53. The van der Waals surface area contributed by atoms with Crippen molar-refractivity contribution in [1.82, 2.24) is 0 Å². The molecule has 0 amide bonds. The van der Waals surface area contributed by atoms with Crippen LogP contribution in [0.2, 0.25) is 0 Å². The van der Waals surface area contributed by atoms with E-state index in [-0.39, 0.29) is 23.8 Å². The minimum absolute atomic E-state index is 0.0810. The maximum absolute atomic E-state index is 12.0. The van der Waals surface area contributed by atoms with Crippen LogP contribution in [-0.4, -0.2) is 24.4 Å². The highest BCUT2D eigenvalue weighted by molar-refractivity contribution is 5.97. The van der Waals surface area contributed by atoms with Gasteiger partial charge in [0.2, 0.25) is 0 Å². The lowest BCUT2D eigenvalue weighted by molar-refractivity contribution is -0.385. The summed E-state index contributed by atoms with van der Waals surface area (Å²) in [6.45, 7) is 1.48. The van der Waals surface area contributed by atoms with Gasteiger partial charge in [0.15, 0.2) is 18.1 Å². The third kappa shape index (κ3) is 3.60. The second-order valence-corrected chi connectivity index (χ2v) is 4.67. The van der Waals surface area contributed by atoms with E-state index >= 15 is 0 Å². The first-order valence-electron chi connectivity index (χ1n) is 6.56. The Hall–Kier alpha value is -2.89. The fourth-order valence-corrected chi connectivity index (χ4v) is 1.90. The van der Waals surface area contributed by atoms with E-state index in [1.165, 1.54) is 19.2 Å². The van der Waals surface area contributed by atoms with Gasteiger partial charge >= 0.3 is 5.69 Å². The summed E-state index contributed by atoms with van der Waals surface area (Å²) in [5, 5.41) is 11.0. The van der Waals surface area contributed by atoms with Crippen LogP contribution in [0.3, 0.4) is 0 Å². The van der Waals surface area contributed by atoms with E-state index in [4.69, 9.17) is 9.47 Å². The molecule has 0 bridgehead atoms. The van der Waals surface area contributed by atoms with Gasteiger partial charge < -0.3 is 9.47 Å². The van der Waals surface area contributed by atoms with Crippen molar-refractivity contribution < 1.29 is 19.2 Å². The Kier molecular flexibility index (Phi) is 4.73. The standard InChI is InChI=1S/C16H15NO5/c1-11-3-8-16(14(9-11)17(19)20)22-10-15(18)12-4-6-13(21-2)7-5-12/h3-9H,10H2,1-2H3. The summed E-state index contributed by atoms with van der Waals surface area (Å²) in [5.74, 6) is 0.460. The Balaban J connectivity index is 2.09. The number of benzene rings is 2. The minimum Gasteiger partial charge on any atom is -0.497 e. The van der Waals surface area contributed by atoms with Gasteiger partial charge in [0, 0.05) is 11.6 Å². The van der Waals surface area contributed by atoms with Gasteiger partial charge in [0.05, 0.1) is 12.0 Å². The second-order valence-electron chi connectivity index (χ2n) is 4.67. The molecule has 0 saturated carbocycles. The lowest BCUT2D eigenvalue weighted by atomic mass is 10.1. The highest BCUT2D eigenvalue weighted by Gasteiger charge is 2.16. The molecule has 0 radical (unpaired) electrons. The Morgan fingerprint density at radius 1 is 1.18 bits per heavy atom. The molecule has 0 aromatic heterocycles. The molecule has 0 fully saturated rings. The number of carbonyl (C=O) groups excluding carboxylic acids is 1. The van der Waals surface area contributed by atoms with Crippen molar-refractivity contribution in [3.8, 4) is 11.5 Å². The molecule has 0 aliphatic heterocycles. The predicted molar refractivity (Wildman–Crippen MR) is 80.7 cm³/mol. The van der Waals surface area contributed by atoms with Crippen molar-refractivity contribution in [3.05, 3.63) is 63.7 Å². The number of nitro benzene ring substituents is 1. The molecule has 114 valence electrons. The molecule has 0 N–H and O–H groups in total. The maximum Gasteiger partial charge on any atom is 0.311 e. The average molecular weight is 301 g/mol. The van der Waals surface area contributed by atoms with Gasteiger partial charge in [-0.05, 0) is 42.8 Å². The number of ether oxygens (including phenoxy) is 2. The number of aryl methyl sites for hydroxylation is 1. The van der Waals surface area contributed by atoms with Crippen LogP contribution in [0.4, 0.5) is 5.69 Å². The van der Waals surface area contributed by atoms with E-state index in [1.807, 2.05) is 0 Å². The molecule has 2 aromatic carbocycles. The second kappa shape index (κ2) is 6.71. The topological polar surface area (TPSA) is 78.7 Å². The Bertz CT molecular complexity index is 694. The molecular weight excluding hydrogens is 286 g/mol. The monoisotopic (exact) mass is 301 g/mol. The molecule has 0 aliphatic carbocycles. The van der Waals surface area contributed by atoms with E-state index in [2.05, 4.69) is 0 Å². The predicted octanol–water partition coefficient (Wildman–Crippen LogP) is 3.17. The van der Waals surface area contributed by atoms with Gasteiger partial charge in [-0.3, -0.25) is 14.9 Å². The van der Waals surface area contributed by atoms with Crippen LogP contribution >= 0.6 is 0 Å². The SMILES string of the molecule is COc1ccc(C(=O)COc2ccc(C)cc2[N+](=O)[O-])cc1. The number of hydrogen-bond donors (Lipinski definition) is 0. The van der Waals surface area contributed by atoms with Gasteiger partial charge in [-0.15, -0.1) is 0 Å². The molecule has 6 heteroatoms. The molecular formula is C16H15NO5. The van der Waals surface area contributed by atoms with E-state index in [1.54, 1.807) is 37.3 Å². The smallest absolute Gasteiger partial charge is 0.311 e. The first-order chi connectivity index (χ1) is 10.5. The summed E-state index contributed by atoms with van der Waals surface area (Å²) in [4.78, 5) is 22.5. The third-order valence-electron chi connectivity index (χ3n) is 3.08. The molecule has 0 saturated heterocycles. The first kappa shape index (κ1) is 15.5. The van der Waals surface area contributed by atoms with Gasteiger partial charge in [-0.2, -0.15) is 0 Å². The quantitative estimate of drug-likeness (QED) is 0.465. The Morgan fingerprint density at radius 2 is 1.86 bits per heavy atom. The lowest BCUT2D eigenvalue weighted by Gasteiger charge is -2.07. The fraction of sp³-hybridized carbons (Fsp3) is 0.188. The number of hydrogen-bond acceptors (Lipinski definition) is 5. The van der Waals surface area contributed by atoms with E-state index < -0.39 is 4.92 Å². The normalized spacial score (nSPS) is 10.1. The van der Waals surface area contributed by atoms with Gasteiger partial charge in [-0.1, -0.05) is 6.07 Å². The molecule has 6 nitrogen and oxygen atoms in total. The lowest BCUT2D eigenvalue weighted by Crippen LogP contribution is -2.12. The maximum atomic E-state index is 12.0. The summed E-state index contributed by atoms with van der Waals surface area (Å²) in [6.07, 6.45) is 0. The summed E-state index contributed by atoms with van der Waals surface area (Å²) < 4.78 is 10.3. The van der Waals surface area contributed by atoms with E-state index in [9.17, 15) is 14.9 Å². The minimum atomic E-state index is -0.528. The number of ketones is 1. The van der Waals surface area contributed by atoms with Crippen molar-refractivity contribution >= 4 is 11.5 Å². The zero-order valence-electron chi connectivity index (χ0n) is 12.2. The number of methoxy groups -OCH3 is 1. The Morgan fingerprint density at radius 3 is 2.45 bits per heavy atom. The number of nitro groups is 1. The highest BCUT2D eigenvalue weighted by atomic mass is 16.6. The van der Waals surface area contributed by atoms with Crippen LogP contribution in [0.1, 0.15) is 15.9 Å². The zero-order valence-corrected chi connectivity index (χ0v) is 12.2. The molecule has 2 aromatic rings. The number of carbonyl (C=O) groups is 1. The van der Waals surface area contributed by atoms with Crippen LogP contribution in [0.5, 0.6) is 11.5 Å². The molecule has 0 aliphatic rings. The van der Waals surface area contributed by atoms with Crippen LogP contribution in [0.25, 0.3) is 0 Å². The van der Waals surface area contributed by atoms with Crippen molar-refractivity contribution in [3.63, 3.8) is 0 Å². The fourth-order valence-electron chi connectivity index (χ4n) is 1.90. The van der Waals surface area contributed by atoms with Crippen LogP contribution < -0.4 is 9.47 Å². The van der Waals surface area contributed by atoms with Crippen LogP contribution in [0.15, 0.2) is 42.5 Å². The summed E-state index contributed by atoms with van der Waals surface area (Å²) >= 11 is 0. The zero-order chi connectivity index (χ0) is 16.1. The largest absolute Gasteiger partial charge is 0.497 e. The summed E-state index contributed by atoms with van der Waals surface area (Å²) in [5.41, 5.74) is 1.05. The third-order valence-corrected chi connectivity index (χ3v) is 3.08. The highest BCUT2D eigenvalue weighted by Crippen LogP contribution is 2.27. The van der Waals surface area contributed by atoms with Gasteiger partial charge in [0.1, 0.15) is 5.75 Å². The van der Waals surface area contributed by atoms with Gasteiger partial charge in [-0.25, -0.2) is 0 Å². The van der Waals surface area contributed by atoms with E-state index in [0.717, 1.165) is 5.56 Å². The van der Waals surface area contributed by atoms with Crippen molar-refractivity contribution in [1.29, 1.82) is 0 Å². The summed E-state index contributed by atoms with van der Waals surface area (Å²) in [6, 6.07) is 11.2. The number of Topliss-reactive ketones (excluding diaryl/α,β-unsaturated/α-hetero) is 1.